The van der Waals surface area contributed by atoms with E-state index in [1.165, 1.54) is 12.8 Å². The van der Waals surface area contributed by atoms with Gasteiger partial charge in [0.1, 0.15) is 11.5 Å². The molecule has 32 heavy (non-hydrogen) atoms. The Morgan fingerprint density at radius 3 is 2.22 bits per heavy atom. The maximum Gasteiger partial charge on any atom is 0.193 e. The van der Waals surface area contributed by atoms with E-state index < -0.39 is 0 Å². The maximum atomic E-state index is 13.2. The lowest BCUT2D eigenvalue weighted by Crippen LogP contribution is -2.06. The highest BCUT2D eigenvalue weighted by Gasteiger charge is 2.15. The molecule has 0 fully saturated rings. The van der Waals surface area contributed by atoms with Gasteiger partial charge in [0.2, 0.25) is 0 Å². The number of unbranched alkanes of at least 4 members (excludes halogenated alkanes) is 2. The molecular formula is C28H31NO3. The summed E-state index contributed by atoms with van der Waals surface area (Å²) in [6.45, 7) is 2.65. The molecule has 1 N–H and O–H groups in total. The summed E-state index contributed by atoms with van der Waals surface area (Å²) in [7, 11) is 1.64. The van der Waals surface area contributed by atoms with E-state index in [2.05, 4.69) is 6.92 Å². The van der Waals surface area contributed by atoms with Crippen molar-refractivity contribution in [1.82, 2.24) is 0 Å². The molecule has 4 heteroatoms. The highest BCUT2D eigenvalue weighted by atomic mass is 16.5. The van der Waals surface area contributed by atoms with Crippen molar-refractivity contribution in [1.29, 1.82) is 5.41 Å². The number of rotatable bonds is 12. The summed E-state index contributed by atoms with van der Waals surface area (Å²) in [6, 6.07) is 22.6. The summed E-state index contributed by atoms with van der Waals surface area (Å²) in [5.74, 6) is 1.47. The smallest absolute Gasteiger partial charge is 0.193 e. The molecule has 0 aliphatic rings. The molecule has 0 saturated heterocycles. The maximum absolute atomic E-state index is 13.2. The van der Waals surface area contributed by atoms with Crippen LogP contribution >= 0.6 is 0 Å². The predicted molar refractivity (Wildman–Crippen MR) is 130 cm³/mol. The van der Waals surface area contributed by atoms with Crippen molar-refractivity contribution in [3.63, 3.8) is 0 Å². The lowest BCUT2D eigenvalue weighted by molar-refractivity contribution is 0.103. The second kappa shape index (κ2) is 11.8. The number of carbonyl (C=O) groups excluding carboxylic acids is 1. The van der Waals surface area contributed by atoms with Crippen molar-refractivity contribution in [2.75, 3.05) is 13.7 Å². The molecule has 166 valence electrons. The fourth-order valence-electron chi connectivity index (χ4n) is 3.57. The molecule has 0 aromatic heterocycles. The van der Waals surface area contributed by atoms with E-state index in [1.54, 1.807) is 19.2 Å². The molecule has 0 bridgehead atoms. The second-order valence-corrected chi connectivity index (χ2v) is 7.79. The SMILES string of the molecule is CCCCCC(=N)CCOc1ccc(C(=O)c2ccccc2-c2ccc(OC)cc2)cc1. The molecule has 4 nitrogen and oxygen atoms in total. The van der Waals surface area contributed by atoms with Crippen LogP contribution in [0.4, 0.5) is 0 Å². The summed E-state index contributed by atoms with van der Waals surface area (Å²) in [5, 5.41) is 8.00. The van der Waals surface area contributed by atoms with E-state index in [9.17, 15) is 4.79 Å². The molecule has 0 aliphatic heterocycles. The topological polar surface area (TPSA) is 59.4 Å². The number of benzene rings is 3. The molecular weight excluding hydrogens is 398 g/mol. The first-order valence-electron chi connectivity index (χ1n) is 11.2. The van der Waals surface area contributed by atoms with Crippen LogP contribution in [-0.2, 0) is 0 Å². The molecule has 0 amide bonds. The largest absolute Gasteiger partial charge is 0.497 e. The Kier molecular flexibility index (Phi) is 8.61. The first-order chi connectivity index (χ1) is 15.6. The highest BCUT2D eigenvalue weighted by Crippen LogP contribution is 2.28. The number of methoxy groups -OCH3 is 1. The summed E-state index contributed by atoms with van der Waals surface area (Å²) < 4.78 is 11.0. The number of hydrogen-bond donors (Lipinski definition) is 1. The zero-order chi connectivity index (χ0) is 22.8. The molecule has 0 unspecified atom stereocenters. The van der Waals surface area contributed by atoms with Crippen molar-refractivity contribution in [2.45, 2.75) is 39.0 Å². The lowest BCUT2D eigenvalue weighted by atomic mass is 9.94. The molecule has 3 aromatic rings. The zero-order valence-corrected chi connectivity index (χ0v) is 18.9. The summed E-state index contributed by atoms with van der Waals surface area (Å²) >= 11 is 0. The first-order valence-corrected chi connectivity index (χ1v) is 11.2. The average Bonchev–Trinajstić information content (AvgIpc) is 2.84. The van der Waals surface area contributed by atoms with Gasteiger partial charge in [-0.2, -0.15) is 0 Å². The van der Waals surface area contributed by atoms with Gasteiger partial charge < -0.3 is 14.9 Å². The minimum Gasteiger partial charge on any atom is -0.497 e. The molecule has 0 saturated carbocycles. The minimum atomic E-state index is -0.0272. The summed E-state index contributed by atoms with van der Waals surface area (Å²) in [4.78, 5) is 13.2. The minimum absolute atomic E-state index is 0.0272. The second-order valence-electron chi connectivity index (χ2n) is 7.79. The van der Waals surface area contributed by atoms with Gasteiger partial charge in [0, 0.05) is 23.3 Å². The van der Waals surface area contributed by atoms with Crippen LogP contribution in [0.15, 0.2) is 72.8 Å². The lowest BCUT2D eigenvalue weighted by Gasteiger charge is -2.11. The van der Waals surface area contributed by atoms with Crippen LogP contribution in [0, 0.1) is 5.41 Å². The van der Waals surface area contributed by atoms with Gasteiger partial charge in [-0.25, -0.2) is 0 Å². The Morgan fingerprint density at radius 1 is 0.844 bits per heavy atom. The zero-order valence-electron chi connectivity index (χ0n) is 18.9. The van der Waals surface area contributed by atoms with Gasteiger partial charge in [-0.3, -0.25) is 4.79 Å². The highest BCUT2D eigenvalue weighted by molar-refractivity contribution is 6.12. The van der Waals surface area contributed by atoms with Crippen LogP contribution in [0.5, 0.6) is 11.5 Å². The van der Waals surface area contributed by atoms with E-state index in [0.29, 0.717) is 29.9 Å². The van der Waals surface area contributed by atoms with Gasteiger partial charge in [-0.15, -0.1) is 0 Å². The van der Waals surface area contributed by atoms with Crippen LogP contribution in [0.2, 0.25) is 0 Å². The summed E-state index contributed by atoms with van der Waals surface area (Å²) in [6.07, 6.45) is 4.89. The fraction of sp³-hybridized carbons (Fsp3) is 0.286. The molecule has 0 heterocycles. The third-order valence-electron chi connectivity index (χ3n) is 5.44. The van der Waals surface area contributed by atoms with E-state index in [-0.39, 0.29) is 5.78 Å². The number of nitrogens with one attached hydrogen (secondary N) is 1. The molecule has 0 radical (unpaired) electrons. The third-order valence-corrected chi connectivity index (χ3v) is 5.44. The van der Waals surface area contributed by atoms with Gasteiger partial charge in [0.15, 0.2) is 5.78 Å². The normalized spacial score (nSPS) is 10.6. The van der Waals surface area contributed by atoms with Crippen LogP contribution in [-0.4, -0.2) is 25.2 Å². The van der Waals surface area contributed by atoms with Gasteiger partial charge in [-0.1, -0.05) is 56.2 Å². The van der Waals surface area contributed by atoms with E-state index in [1.807, 2.05) is 60.7 Å². The molecule has 3 aromatic carbocycles. The van der Waals surface area contributed by atoms with E-state index in [4.69, 9.17) is 14.9 Å². The van der Waals surface area contributed by atoms with Crippen molar-refractivity contribution < 1.29 is 14.3 Å². The Balaban J connectivity index is 1.64. The summed E-state index contributed by atoms with van der Waals surface area (Å²) in [5.41, 5.74) is 3.87. The van der Waals surface area contributed by atoms with Crippen molar-refractivity contribution in [3.8, 4) is 22.6 Å². The van der Waals surface area contributed by atoms with E-state index in [0.717, 1.165) is 35.4 Å². The molecule has 0 spiro atoms. The Labute approximate surface area is 190 Å². The average molecular weight is 430 g/mol. The molecule has 0 atom stereocenters. The van der Waals surface area contributed by atoms with E-state index >= 15 is 0 Å². The van der Waals surface area contributed by atoms with Crippen molar-refractivity contribution in [2.24, 2.45) is 0 Å². The standard InChI is InChI=1S/C28H31NO3/c1-3-4-5-8-23(29)19-20-32-25-17-13-22(14-18-25)28(30)27-10-7-6-9-26(27)21-11-15-24(31-2)16-12-21/h6-7,9-18,29H,3-5,8,19-20H2,1-2H3. The predicted octanol–water partition coefficient (Wildman–Crippen LogP) is 6.96. The number of ether oxygens (including phenoxy) is 2. The number of carbonyl (C=O) groups is 1. The number of hydrogen-bond acceptors (Lipinski definition) is 4. The third kappa shape index (κ3) is 6.30. The number of ketones is 1. The fourth-order valence-corrected chi connectivity index (χ4v) is 3.57. The monoisotopic (exact) mass is 429 g/mol. The Morgan fingerprint density at radius 2 is 1.53 bits per heavy atom. The van der Waals surface area contributed by atoms with Crippen LogP contribution in [0.25, 0.3) is 11.1 Å². The van der Waals surface area contributed by atoms with Gasteiger partial charge >= 0.3 is 0 Å². The Bertz CT molecular complexity index is 1020. The van der Waals surface area contributed by atoms with Crippen LogP contribution in [0.3, 0.4) is 0 Å². The van der Waals surface area contributed by atoms with Crippen molar-refractivity contribution >= 4 is 11.5 Å². The van der Waals surface area contributed by atoms with Crippen molar-refractivity contribution in [3.05, 3.63) is 83.9 Å². The molecule has 3 rings (SSSR count). The van der Waals surface area contributed by atoms with Crippen LogP contribution < -0.4 is 9.47 Å². The Hall–Kier alpha value is -3.40. The quantitative estimate of drug-likeness (QED) is 0.192. The van der Waals surface area contributed by atoms with Gasteiger partial charge in [0.05, 0.1) is 13.7 Å². The first kappa shape index (κ1) is 23.3. The van der Waals surface area contributed by atoms with Gasteiger partial charge in [-0.05, 0) is 60.4 Å². The molecule has 0 aliphatic carbocycles. The van der Waals surface area contributed by atoms with Crippen LogP contribution in [0.1, 0.15) is 54.9 Å². The van der Waals surface area contributed by atoms with Gasteiger partial charge in [0.25, 0.3) is 0 Å².